The summed E-state index contributed by atoms with van der Waals surface area (Å²) in [7, 11) is 1.71. The molecule has 0 saturated heterocycles. The molecule has 5 nitrogen and oxygen atoms in total. The Morgan fingerprint density at radius 3 is 2.71 bits per heavy atom. The summed E-state index contributed by atoms with van der Waals surface area (Å²) in [6.07, 6.45) is 1.89. The van der Waals surface area contributed by atoms with Crippen LogP contribution in [0.2, 0.25) is 0 Å². The molecule has 0 radical (unpaired) electrons. The van der Waals surface area contributed by atoms with Crippen molar-refractivity contribution >= 4 is 26.8 Å². The lowest BCUT2D eigenvalue weighted by atomic mass is 9.85. The highest BCUT2D eigenvalue weighted by Gasteiger charge is 2.36. The van der Waals surface area contributed by atoms with Crippen molar-refractivity contribution in [2.24, 2.45) is 0 Å². The van der Waals surface area contributed by atoms with Crippen molar-refractivity contribution < 1.29 is 14.6 Å². The number of methoxy groups -OCH3 is 1. The number of ether oxygens (including phenoxy) is 2. The Morgan fingerprint density at radius 1 is 1.06 bits per heavy atom. The van der Waals surface area contributed by atoms with Crippen LogP contribution >= 0.6 is 15.9 Å². The van der Waals surface area contributed by atoms with Gasteiger partial charge in [-0.15, -0.1) is 0 Å². The molecule has 0 aliphatic carbocycles. The smallest absolute Gasteiger partial charge is 0.162 e. The molecule has 3 heterocycles. The van der Waals surface area contributed by atoms with Gasteiger partial charge in [-0.1, -0.05) is 52.3 Å². The molecular formula is C28H27BrN2O3. The molecule has 2 aliphatic heterocycles. The van der Waals surface area contributed by atoms with Gasteiger partial charge in [-0.05, 0) is 59.4 Å². The SMILES string of the molecule is COc1cc2c(cc1OCc1ccccc1)C1Cc3c(n(CO)c4cc(Br)ccc34)CN1CC2. The summed E-state index contributed by atoms with van der Waals surface area (Å²) in [6.45, 7) is 2.32. The first-order chi connectivity index (χ1) is 16.7. The van der Waals surface area contributed by atoms with E-state index in [9.17, 15) is 5.11 Å². The number of benzene rings is 3. The van der Waals surface area contributed by atoms with E-state index >= 15 is 0 Å². The quantitative estimate of drug-likeness (QED) is 0.373. The van der Waals surface area contributed by atoms with E-state index in [-0.39, 0.29) is 12.8 Å². The van der Waals surface area contributed by atoms with Crippen LogP contribution in [0.4, 0.5) is 0 Å². The molecule has 4 aromatic rings. The van der Waals surface area contributed by atoms with E-state index in [1.54, 1.807) is 7.11 Å². The highest BCUT2D eigenvalue weighted by molar-refractivity contribution is 9.10. The van der Waals surface area contributed by atoms with Crippen LogP contribution < -0.4 is 9.47 Å². The molecule has 1 N–H and O–H groups in total. The number of aliphatic hydroxyl groups is 1. The third-order valence-electron chi connectivity index (χ3n) is 7.27. The number of hydrogen-bond acceptors (Lipinski definition) is 4. The van der Waals surface area contributed by atoms with Crippen LogP contribution in [0.15, 0.2) is 65.1 Å². The van der Waals surface area contributed by atoms with Crippen LogP contribution in [0.25, 0.3) is 10.9 Å². The van der Waals surface area contributed by atoms with Crippen molar-refractivity contribution in [3.63, 3.8) is 0 Å². The van der Waals surface area contributed by atoms with Crippen molar-refractivity contribution in [3.8, 4) is 11.5 Å². The van der Waals surface area contributed by atoms with E-state index in [0.29, 0.717) is 6.61 Å². The molecule has 34 heavy (non-hydrogen) atoms. The maximum atomic E-state index is 10.2. The number of nitrogens with zero attached hydrogens (tertiary/aromatic N) is 2. The maximum Gasteiger partial charge on any atom is 0.162 e. The summed E-state index contributed by atoms with van der Waals surface area (Å²) in [5, 5.41) is 11.4. The molecule has 0 fully saturated rings. The minimum Gasteiger partial charge on any atom is -0.493 e. The largest absolute Gasteiger partial charge is 0.493 e. The highest BCUT2D eigenvalue weighted by atomic mass is 79.9. The van der Waals surface area contributed by atoms with Crippen LogP contribution in [0, 0.1) is 0 Å². The summed E-state index contributed by atoms with van der Waals surface area (Å²) in [4.78, 5) is 2.54. The van der Waals surface area contributed by atoms with Crippen LogP contribution in [-0.4, -0.2) is 28.2 Å². The Balaban J connectivity index is 1.39. The van der Waals surface area contributed by atoms with Gasteiger partial charge in [-0.3, -0.25) is 4.90 Å². The first-order valence-corrected chi connectivity index (χ1v) is 12.5. The van der Waals surface area contributed by atoms with Crippen LogP contribution in [-0.2, 0) is 32.7 Å². The van der Waals surface area contributed by atoms with Crippen molar-refractivity contribution in [1.82, 2.24) is 9.47 Å². The van der Waals surface area contributed by atoms with Gasteiger partial charge in [0.05, 0.1) is 12.6 Å². The van der Waals surface area contributed by atoms with Gasteiger partial charge in [-0.25, -0.2) is 0 Å². The zero-order valence-corrected chi connectivity index (χ0v) is 20.7. The van der Waals surface area contributed by atoms with Gasteiger partial charge in [0.25, 0.3) is 0 Å². The molecule has 6 heteroatoms. The molecule has 0 bridgehead atoms. The monoisotopic (exact) mass is 518 g/mol. The number of rotatable bonds is 5. The Morgan fingerprint density at radius 2 is 1.91 bits per heavy atom. The van der Waals surface area contributed by atoms with Gasteiger partial charge in [-0.2, -0.15) is 0 Å². The van der Waals surface area contributed by atoms with Crippen LogP contribution in [0.1, 0.15) is 34.0 Å². The summed E-state index contributed by atoms with van der Waals surface area (Å²) >= 11 is 3.59. The zero-order chi connectivity index (χ0) is 23.2. The van der Waals surface area contributed by atoms with Crippen LogP contribution in [0.3, 0.4) is 0 Å². The molecular weight excluding hydrogens is 492 g/mol. The van der Waals surface area contributed by atoms with E-state index in [1.165, 1.54) is 27.8 Å². The Labute approximate surface area is 207 Å². The van der Waals surface area contributed by atoms with Gasteiger partial charge in [0.1, 0.15) is 13.3 Å². The van der Waals surface area contributed by atoms with E-state index in [2.05, 4.69) is 67.9 Å². The molecule has 2 aliphatic rings. The zero-order valence-electron chi connectivity index (χ0n) is 19.1. The minimum absolute atomic E-state index is 0.00788. The molecule has 1 unspecified atom stereocenters. The van der Waals surface area contributed by atoms with E-state index in [0.717, 1.165) is 53.0 Å². The highest BCUT2D eigenvalue weighted by Crippen LogP contribution is 2.45. The van der Waals surface area contributed by atoms with E-state index in [1.807, 2.05) is 18.2 Å². The number of hydrogen-bond donors (Lipinski definition) is 1. The Bertz CT molecular complexity index is 1370. The molecule has 0 spiro atoms. The number of fused-ring (bicyclic) bond motifs is 6. The standard InChI is InChI=1S/C28H27BrN2O3/c1-33-27-11-19-9-10-30-15-26-23(21-8-7-20(29)12-25(21)31(26)17-32)13-24(30)22(19)14-28(27)34-16-18-5-3-2-4-6-18/h2-8,11-12,14,24,32H,9-10,13,15-17H2,1H3. The fourth-order valence-electron chi connectivity index (χ4n) is 5.60. The van der Waals surface area contributed by atoms with E-state index < -0.39 is 0 Å². The lowest BCUT2D eigenvalue weighted by molar-refractivity contribution is 0.145. The normalized spacial score (nSPS) is 17.2. The summed E-state index contributed by atoms with van der Waals surface area (Å²) in [5.74, 6) is 1.58. The lowest BCUT2D eigenvalue weighted by Gasteiger charge is -2.41. The first-order valence-electron chi connectivity index (χ1n) is 11.7. The average Bonchev–Trinajstić information content (AvgIpc) is 3.17. The lowest BCUT2D eigenvalue weighted by Crippen LogP contribution is -2.39. The number of halogens is 1. The van der Waals surface area contributed by atoms with Crippen molar-refractivity contribution in [1.29, 1.82) is 0 Å². The predicted octanol–water partition coefficient (Wildman–Crippen LogP) is 5.60. The second kappa shape index (κ2) is 8.77. The molecule has 1 aromatic heterocycles. The predicted molar refractivity (Wildman–Crippen MR) is 136 cm³/mol. The summed E-state index contributed by atoms with van der Waals surface area (Å²) < 4.78 is 15.0. The van der Waals surface area contributed by atoms with Gasteiger partial charge < -0.3 is 19.1 Å². The fourth-order valence-corrected chi connectivity index (χ4v) is 5.95. The molecule has 0 saturated carbocycles. The maximum absolute atomic E-state index is 10.2. The topological polar surface area (TPSA) is 46.9 Å². The average molecular weight is 519 g/mol. The second-order valence-corrected chi connectivity index (χ2v) is 9.99. The third kappa shape index (κ3) is 3.61. The summed E-state index contributed by atoms with van der Waals surface area (Å²) in [5.41, 5.74) is 7.44. The van der Waals surface area contributed by atoms with Gasteiger partial charge in [0.15, 0.2) is 11.5 Å². The Kier molecular flexibility index (Phi) is 5.60. The molecule has 3 aromatic carbocycles. The first kappa shape index (κ1) is 21.7. The second-order valence-electron chi connectivity index (χ2n) is 9.07. The number of aromatic nitrogens is 1. The molecule has 0 amide bonds. The number of aliphatic hydroxyl groups excluding tert-OH is 1. The van der Waals surface area contributed by atoms with Crippen molar-refractivity contribution in [2.45, 2.75) is 38.8 Å². The minimum atomic E-state index is -0.00788. The molecule has 1 atom stereocenters. The van der Waals surface area contributed by atoms with E-state index in [4.69, 9.17) is 9.47 Å². The third-order valence-corrected chi connectivity index (χ3v) is 7.77. The van der Waals surface area contributed by atoms with Gasteiger partial charge in [0, 0.05) is 34.7 Å². The van der Waals surface area contributed by atoms with Crippen molar-refractivity contribution in [3.05, 3.63) is 93.1 Å². The fraction of sp³-hybridized carbons (Fsp3) is 0.286. The summed E-state index contributed by atoms with van der Waals surface area (Å²) in [6, 6.07) is 21.2. The molecule has 174 valence electrons. The van der Waals surface area contributed by atoms with Gasteiger partial charge in [0.2, 0.25) is 0 Å². The molecule has 6 rings (SSSR count). The van der Waals surface area contributed by atoms with Crippen LogP contribution in [0.5, 0.6) is 11.5 Å². The van der Waals surface area contributed by atoms with Gasteiger partial charge >= 0.3 is 0 Å². The van der Waals surface area contributed by atoms with Crippen molar-refractivity contribution in [2.75, 3.05) is 13.7 Å². The Hall–Kier alpha value is -2.80.